The normalized spacial score (nSPS) is 16.9. The summed E-state index contributed by atoms with van der Waals surface area (Å²) in [6.45, 7) is 6.73. The molecule has 0 saturated heterocycles. The highest BCUT2D eigenvalue weighted by atomic mass is 16.5. The van der Waals surface area contributed by atoms with Gasteiger partial charge in [0.05, 0.1) is 6.61 Å². The summed E-state index contributed by atoms with van der Waals surface area (Å²) >= 11 is 0. The predicted octanol–water partition coefficient (Wildman–Crippen LogP) is 4.18. The van der Waals surface area contributed by atoms with Gasteiger partial charge < -0.3 is 10.1 Å². The van der Waals surface area contributed by atoms with E-state index in [9.17, 15) is 4.79 Å². The lowest BCUT2D eigenvalue weighted by Gasteiger charge is -2.29. The summed E-state index contributed by atoms with van der Waals surface area (Å²) in [4.78, 5) is 12.2. The number of benzene rings is 2. The van der Waals surface area contributed by atoms with E-state index in [1.165, 1.54) is 11.1 Å². The number of fused-ring (bicyclic) bond motifs is 1. The van der Waals surface area contributed by atoms with E-state index in [0.29, 0.717) is 13.0 Å². The third-order valence-corrected chi connectivity index (χ3v) is 4.39. The van der Waals surface area contributed by atoms with Crippen molar-refractivity contribution in [2.45, 2.75) is 33.1 Å². The molecule has 1 aliphatic heterocycles. The Kier molecular flexibility index (Phi) is 3.88. The molecular weight excluding hydrogens is 274 g/mol. The van der Waals surface area contributed by atoms with Gasteiger partial charge in [-0.25, -0.2) is 0 Å². The van der Waals surface area contributed by atoms with Gasteiger partial charge in [0, 0.05) is 23.6 Å². The van der Waals surface area contributed by atoms with Crippen molar-refractivity contribution < 1.29 is 9.53 Å². The molecule has 114 valence electrons. The number of para-hydroxylation sites is 1. The van der Waals surface area contributed by atoms with Crippen LogP contribution >= 0.6 is 0 Å². The van der Waals surface area contributed by atoms with E-state index in [1.807, 2.05) is 25.1 Å². The number of carbonyl (C=O) groups is 1. The fraction of sp³-hybridized carbons (Fsp3) is 0.316. The molecule has 1 aliphatic rings. The summed E-state index contributed by atoms with van der Waals surface area (Å²) in [5.41, 5.74) is 5.56. The fourth-order valence-electron chi connectivity index (χ4n) is 3.11. The zero-order chi connectivity index (χ0) is 15.7. The van der Waals surface area contributed by atoms with Gasteiger partial charge in [0.2, 0.25) is 5.91 Å². The van der Waals surface area contributed by atoms with Crippen LogP contribution in [0, 0.1) is 13.8 Å². The minimum absolute atomic E-state index is 0.0470. The van der Waals surface area contributed by atoms with Gasteiger partial charge >= 0.3 is 0 Å². The van der Waals surface area contributed by atoms with Crippen LogP contribution in [0.2, 0.25) is 0 Å². The maximum atomic E-state index is 12.2. The Morgan fingerprint density at radius 3 is 2.68 bits per heavy atom. The highest BCUT2D eigenvalue weighted by Crippen LogP contribution is 2.42. The van der Waals surface area contributed by atoms with Crippen molar-refractivity contribution in [2.24, 2.45) is 0 Å². The number of hydrogen-bond donors (Lipinski definition) is 1. The van der Waals surface area contributed by atoms with Crippen molar-refractivity contribution in [2.75, 3.05) is 11.9 Å². The maximum absolute atomic E-state index is 12.2. The standard InChI is InChI=1S/C19H21NO2/c1-4-22-17-8-6-5-7-14(17)16-11-18(21)20-19-13(3)12(2)9-10-15(16)19/h5-10,16H,4,11H2,1-3H3,(H,20,21)/t16-/m0/s1. The van der Waals surface area contributed by atoms with Crippen LogP contribution in [0.4, 0.5) is 5.69 Å². The van der Waals surface area contributed by atoms with Crippen molar-refractivity contribution in [3.8, 4) is 5.75 Å². The molecule has 0 fully saturated rings. The Balaban J connectivity index is 2.14. The lowest BCUT2D eigenvalue weighted by molar-refractivity contribution is -0.116. The van der Waals surface area contributed by atoms with Gasteiger partial charge in [0.1, 0.15) is 5.75 Å². The van der Waals surface area contributed by atoms with Crippen LogP contribution in [0.25, 0.3) is 0 Å². The van der Waals surface area contributed by atoms with Crippen LogP contribution in [0.3, 0.4) is 0 Å². The quantitative estimate of drug-likeness (QED) is 0.922. The largest absolute Gasteiger partial charge is 0.494 e. The second-order valence-electron chi connectivity index (χ2n) is 5.75. The molecule has 1 atom stereocenters. The van der Waals surface area contributed by atoms with Gasteiger partial charge in [0.25, 0.3) is 0 Å². The summed E-state index contributed by atoms with van der Waals surface area (Å²) in [6.07, 6.45) is 0.458. The van der Waals surface area contributed by atoms with E-state index in [0.717, 1.165) is 22.6 Å². The second kappa shape index (κ2) is 5.84. The number of rotatable bonds is 3. The molecule has 0 unspecified atom stereocenters. The predicted molar refractivity (Wildman–Crippen MR) is 88.6 cm³/mol. The third-order valence-electron chi connectivity index (χ3n) is 4.39. The number of carbonyl (C=O) groups excluding carboxylic acids is 1. The number of anilines is 1. The summed E-state index contributed by atoms with van der Waals surface area (Å²) in [5.74, 6) is 0.983. The molecule has 0 saturated carbocycles. The monoisotopic (exact) mass is 295 g/mol. The highest BCUT2D eigenvalue weighted by Gasteiger charge is 2.29. The summed E-state index contributed by atoms with van der Waals surface area (Å²) in [5, 5.41) is 3.04. The van der Waals surface area contributed by atoms with E-state index in [-0.39, 0.29) is 11.8 Å². The van der Waals surface area contributed by atoms with E-state index in [2.05, 4.69) is 37.4 Å². The van der Waals surface area contributed by atoms with Gasteiger partial charge in [-0.3, -0.25) is 4.79 Å². The van der Waals surface area contributed by atoms with E-state index >= 15 is 0 Å². The van der Waals surface area contributed by atoms with Gasteiger partial charge in [-0.1, -0.05) is 30.3 Å². The molecular formula is C19H21NO2. The van der Waals surface area contributed by atoms with Gasteiger partial charge in [-0.15, -0.1) is 0 Å². The highest BCUT2D eigenvalue weighted by molar-refractivity contribution is 5.96. The molecule has 3 rings (SSSR count). The van der Waals surface area contributed by atoms with Crippen molar-refractivity contribution >= 4 is 11.6 Å². The summed E-state index contributed by atoms with van der Waals surface area (Å²) in [6, 6.07) is 12.3. The van der Waals surface area contributed by atoms with Gasteiger partial charge in [-0.2, -0.15) is 0 Å². The average molecular weight is 295 g/mol. The van der Waals surface area contributed by atoms with Crippen molar-refractivity contribution in [3.63, 3.8) is 0 Å². The Hall–Kier alpha value is -2.29. The lowest BCUT2D eigenvalue weighted by atomic mass is 9.82. The molecule has 22 heavy (non-hydrogen) atoms. The number of nitrogens with one attached hydrogen (secondary N) is 1. The average Bonchev–Trinajstić information content (AvgIpc) is 2.52. The molecule has 0 bridgehead atoms. The molecule has 3 heteroatoms. The van der Waals surface area contributed by atoms with Crippen molar-refractivity contribution in [3.05, 3.63) is 58.7 Å². The Morgan fingerprint density at radius 2 is 1.91 bits per heavy atom. The first-order valence-corrected chi connectivity index (χ1v) is 7.73. The molecule has 2 aromatic rings. The maximum Gasteiger partial charge on any atom is 0.225 e. The lowest BCUT2D eigenvalue weighted by Crippen LogP contribution is -2.24. The minimum atomic E-state index is 0.0470. The summed E-state index contributed by atoms with van der Waals surface area (Å²) < 4.78 is 5.76. The second-order valence-corrected chi connectivity index (χ2v) is 5.75. The molecule has 2 aromatic carbocycles. The zero-order valence-electron chi connectivity index (χ0n) is 13.3. The van der Waals surface area contributed by atoms with Crippen LogP contribution in [0.15, 0.2) is 36.4 Å². The van der Waals surface area contributed by atoms with Crippen LogP contribution < -0.4 is 10.1 Å². The summed E-state index contributed by atoms with van der Waals surface area (Å²) in [7, 11) is 0. The SMILES string of the molecule is CCOc1ccccc1[C@@H]1CC(=O)Nc2c1ccc(C)c2C. The fourth-order valence-corrected chi connectivity index (χ4v) is 3.11. The molecule has 0 radical (unpaired) electrons. The van der Waals surface area contributed by atoms with E-state index in [1.54, 1.807) is 0 Å². The topological polar surface area (TPSA) is 38.3 Å². The van der Waals surface area contributed by atoms with Crippen LogP contribution in [-0.4, -0.2) is 12.5 Å². The molecule has 1 N–H and O–H groups in total. The molecule has 0 spiro atoms. The van der Waals surface area contributed by atoms with Crippen LogP contribution in [0.5, 0.6) is 5.75 Å². The Bertz CT molecular complexity index is 721. The van der Waals surface area contributed by atoms with Gasteiger partial charge in [-0.05, 0) is 43.5 Å². The molecule has 0 aliphatic carbocycles. The first-order valence-electron chi connectivity index (χ1n) is 7.73. The third kappa shape index (κ3) is 2.47. The van der Waals surface area contributed by atoms with E-state index < -0.39 is 0 Å². The molecule has 0 aromatic heterocycles. The number of aryl methyl sites for hydroxylation is 1. The Labute approximate surface area is 131 Å². The van der Waals surface area contributed by atoms with Crippen LogP contribution in [-0.2, 0) is 4.79 Å². The minimum Gasteiger partial charge on any atom is -0.494 e. The molecule has 1 amide bonds. The smallest absolute Gasteiger partial charge is 0.225 e. The molecule has 1 heterocycles. The van der Waals surface area contributed by atoms with E-state index in [4.69, 9.17) is 4.74 Å². The number of ether oxygens (including phenoxy) is 1. The zero-order valence-corrected chi connectivity index (χ0v) is 13.3. The number of hydrogen-bond acceptors (Lipinski definition) is 2. The Morgan fingerprint density at radius 1 is 1.14 bits per heavy atom. The number of amides is 1. The van der Waals surface area contributed by atoms with Crippen molar-refractivity contribution in [1.82, 2.24) is 0 Å². The van der Waals surface area contributed by atoms with Crippen LogP contribution in [0.1, 0.15) is 41.5 Å². The molecule has 3 nitrogen and oxygen atoms in total. The van der Waals surface area contributed by atoms with Crippen molar-refractivity contribution in [1.29, 1.82) is 0 Å². The first kappa shape index (κ1) is 14.6. The van der Waals surface area contributed by atoms with Gasteiger partial charge in [0.15, 0.2) is 0 Å². The first-order chi connectivity index (χ1) is 10.6.